The summed E-state index contributed by atoms with van der Waals surface area (Å²) in [6, 6.07) is 10.8. The number of anilines is 2. The van der Waals surface area contributed by atoms with Crippen LogP contribution in [0.4, 0.5) is 17.1 Å². The first kappa shape index (κ1) is 16.2. The van der Waals surface area contributed by atoms with E-state index in [4.69, 9.17) is 0 Å². The zero-order valence-corrected chi connectivity index (χ0v) is 12.6. The summed E-state index contributed by atoms with van der Waals surface area (Å²) in [7, 11) is 0. The fourth-order valence-electron chi connectivity index (χ4n) is 2.00. The highest BCUT2D eigenvalue weighted by molar-refractivity contribution is 6.05. The topological polar surface area (TPSA) is 101 Å². The second kappa shape index (κ2) is 6.69. The number of nitrogens with one attached hydrogen (secondary N) is 2. The normalized spacial score (nSPS) is 10.0. The number of hydrogen-bond donors (Lipinski definition) is 2. The molecule has 0 radical (unpaired) electrons. The maximum absolute atomic E-state index is 12.2. The van der Waals surface area contributed by atoms with Crippen molar-refractivity contribution in [3.05, 3.63) is 63.7 Å². The van der Waals surface area contributed by atoms with E-state index in [0.717, 1.165) is 5.56 Å². The lowest BCUT2D eigenvalue weighted by Crippen LogP contribution is -2.13. The van der Waals surface area contributed by atoms with Gasteiger partial charge >= 0.3 is 0 Å². The zero-order valence-electron chi connectivity index (χ0n) is 12.6. The van der Waals surface area contributed by atoms with Gasteiger partial charge in [-0.25, -0.2) is 0 Å². The Balaban J connectivity index is 2.19. The summed E-state index contributed by atoms with van der Waals surface area (Å²) in [5, 5.41) is 16.2. The number of nitrogens with zero attached hydrogens (tertiary/aromatic N) is 1. The summed E-state index contributed by atoms with van der Waals surface area (Å²) < 4.78 is 0. The first-order valence-electron chi connectivity index (χ1n) is 6.81. The summed E-state index contributed by atoms with van der Waals surface area (Å²) in [5.41, 5.74) is 1.60. The van der Waals surface area contributed by atoms with Crippen molar-refractivity contribution in [3.63, 3.8) is 0 Å². The van der Waals surface area contributed by atoms with Crippen molar-refractivity contribution in [2.75, 3.05) is 10.6 Å². The van der Waals surface area contributed by atoms with E-state index >= 15 is 0 Å². The molecule has 0 bridgehead atoms. The van der Waals surface area contributed by atoms with Gasteiger partial charge < -0.3 is 10.6 Å². The molecule has 0 fully saturated rings. The van der Waals surface area contributed by atoms with Crippen molar-refractivity contribution in [1.29, 1.82) is 0 Å². The molecule has 0 saturated heterocycles. The van der Waals surface area contributed by atoms with Gasteiger partial charge in [-0.2, -0.15) is 0 Å². The third-order valence-electron chi connectivity index (χ3n) is 3.07. The van der Waals surface area contributed by atoms with Crippen LogP contribution in [-0.2, 0) is 4.79 Å². The minimum absolute atomic E-state index is 0.136. The van der Waals surface area contributed by atoms with E-state index in [9.17, 15) is 19.7 Å². The van der Waals surface area contributed by atoms with Crippen LogP contribution >= 0.6 is 0 Å². The van der Waals surface area contributed by atoms with Crippen LogP contribution < -0.4 is 10.6 Å². The molecule has 0 aliphatic carbocycles. The van der Waals surface area contributed by atoms with Gasteiger partial charge in [0, 0.05) is 24.2 Å². The van der Waals surface area contributed by atoms with Crippen molar-refractivity contribution in [3.8, 4) is 0 Å². The van der Waals surface area contributed by atoms with Gasteiger partial charge in [-0.05, 0) is 42.8 Å². The summed E-state index contributed by atoms with van der Waals surface area (Å²) in [6.07, 6.45) is 0. The molecule has 2 N–H and O–H groups in total. The molecule has 0 saturated carbocycles. The third kappa shape index (κ3) is 4.13. The fraction of sp³-hybridized carbons (Fsp3) is 0.125. The quantitative estimate of drug-likeness (QED) is 0.668. The van der Waals surface area contributed by atoms with Crippen LogP contribution in [0.1, 0.15) is 22.8 Å². The van der Waals surface area contributed by atoms with Crippen LogP contribution in [0.2, 0.25) is 0 Å². The molecule has 2 rings (SSSR count). The highest BCUT2D eigenvalue weighted by Crippen LogP contribution is 2.26. The van der Waals surface area contributed by atoms with Crippen LogP contribution in [0.5, 0.6) is 0 Å². The average molecular weight is 313 g/mol. The second-order valence-corrected chi connectivity index (χ2v) is 4.99. The lowest BCUT2D eigenvalue weighted by atomic mass is 10.1. The number of hydrogen-bond acceptors (Lipinski definition) is 4. The van der Waals surface area contributed by atoms with Crippen LogP contribution in [0.25, 0.3) is 0 Å². The molecule has 2 amide bonds. The van der Waals surface area contributed by atoms with E-state index in [1.807, 2.05) is 0 Å². The zero-order chi connectivity index (χ0) is 17.0. The molecule has 2 aromatic carbocycles. The fourth-order valence-corrected chi connectivity index (χ4v) is 2.00. The molecule has 0 unspecified atom stereocenters. The van der Waals surface area contributed by atoms with Crippen molar-refractivity contribution in [2.24, 2.45) is 0 Å². The SMILES string of the molecule is CC(=O)Nc1ccc(C(=O)Nc2ccc(C)cc2[N+](=O)[O-])cc1. The molecule has 0 spiro atoms. The predicted octanol–water partition coefficient (Wildman–Crippen LogP) is 3.11. The third-order valence-corrected chi connectivity index (χ3v) is 3.07. The monoisotopic (exact) mass is 313 g/mol. The summed E-state index contributed by atoms with van der Waals surface area (Å²) in [5.74, 6) is -0.677. The van der Waals surface area contributed by atoms with Crippen LogP contribution in [0, 0.1) is 17.0 Å². The minimum atomic E-state index is -0.539. The Morgan fingerprint density at radius 1 is 1.04 bits per heavy atom. The van der Waals surface area contributed by atoms with Crippen LogP contribution in [0.15, 0.2) is 42.5 Å². The van der Waals surface area contributed by atoms with E-state index in [0.29, 0.717) is 11.3 Å². The Labute approximate surface area is 132 Å². The number of rotatable bonds is 4. The molecule has 118 valence electrons. The molecule has 0 aliphatic heterocycles. The molecule has 0 aliphatic rings. The number of benzene rings is 2. The molecule has 0 heterocycles. The van der Waals surface area contributed by atoms with E-state index in [1.54, 1.807) is 25.1 Å². The number of carbonyl (C=O) groups excluding carboxylic acids is 2. The van der Waals surface area contributed by atoms with Crippen LogP contribution in [-0.4, -0.2) is 16.7 Å². The predicted molar refractivity (Wildman–Crippen MR) is 86.5 cm³/mol. The van der Waals surface area contributed by atoms with Gasteiger partial charge in [0.2, 0.25) is 5.91 Å². The Hall–Kier alpha value is -3.22. The van der Waals surface area contributed by atoms with Crippen LogP contribution in [0.3, 0.4) is 0 Å². The number of amides is 2. The van der Waals surface area contributed by atoms with Gasteiger partial charge in [-0.15, -0.1) is 0 Å². The van der Waals surface area contributed by atoms with E-state index in [2.05, 4.69) is 10.6 Å². The maximum atomic E-state index is 12.2. The largest absolute Gasteiger partial charge is 0.326 e. The van der Waals surface area contributed by atoms with Crippen molar-refractivity contribution in [2.45, 2.75) is 13.8 Å². The lowest BCUT2D eigenvalue weighted by molar-refractivity contribution is -0.384. The Kier molecular flexibility index (Phi) is 4.70. The Bertz CT molecular complexity index is 769. The number of aryl methyl sites for hydroxylation is 1. The van der Waals surface area contributed by atoms with E-state index < -0.39 is 10.8 Å². The summed E-state index contributed by atoms with van der Waals surface area (Å²) >= 11 is 0. The highest BCUT2D eigenvalue weighted by Gasteiger charge is 2.16. The Morgan fingerprint density at radius 2 is 1.70 bits per heavy atom. The first-order valence-corrected chi connectivity index (χ1v) is 6.81. The molecular formula is C16H15N3O4. The summed E-state index contributed by atoms with van der Waals surface area (Å²) in [4.78, 5) is 33.6. The maximum Gasteiger partial charge on any atom is 0.293 e. The molecule has 7 nitrogen and oxygen atoms in total. The van der Waals surface area contributed by atoms with Crippen molar-refractivity contribution >= 4 is 28.9 Å². The average Bonchev–Trinajstić information content (AvgIpc) is 2.49. The molecule has 7 heteroatoms. The van der Waals surface area contributed by atoms with E-state index in [-0.39, 0.29) is 17.3 Å². The standard InChI is InChI=1S/C16H15N3O4/c1-10-3-8-14(15(9-10)19(22)23)18-16(21)12-4-6-13(7-5-12)17-11(2)20/h3-9H,1-2H3,(H,17,20)(H,18,21). The minimum Gasteiger partial charge on any atom is -0.326 e. The first-order chi connectivity index (χ1) is 10.9. The van der Waals surface area contributed by atoms with Gasteiger partial charge in [-0.3, -0.25) is 19.7 Å². The molecule has 0 atom stereocenters. The van der Waals surface area contributed by atoms with Gasteiger partial charge in [0.1, 0.15) is 5.69 Å². The number of carbonyl (C=O) groups is 2. The highest BCUT2D eigenvalue weighted by atomic mass is 16.6. The molecular weight excluding hydrogens is 298 g/mol. The van der Waals surface area contributed by atoms with Gasteiger partial charge in [0.25, 0.3) is 11.6 Å². The van der Waals surface area contributed by atoms with Crippen molar-refractivity contribution < 1.29 is 14.5 Å². The second-order valence-electron chi connectivity index (χ2n) is 4.99. The molecule has 0 aromatic heterocycles. The number of nitro benzene ring substituents is 1. The van der Waals surface area contributed by atoms with Crippen molar-refractivity contribution in [1.82, 2.24) is 0 Å². The summed E-state index contributed by atoms with van der Waals surface area (Å²) in [6.45, 7) is 3.12. The van der Waals surface area contributed by atoms with Gasteiger partial charge in [0.05, 0.1) is 4.92 Å². The molecule has 23 heavy (non-hydrogen) atoms. The Morgan fingerprint density at radius 3 is 2.26 bits per heavy atom. The lowest BCUT2D eigenvalue weighted by Gasteiger charge is -2.08. The van der Waals surface area contributed by atoms with Gasteiger partial charge in [-0.1, -0.05) is 6.07 Å². The smallest absolute Gasteiger partial charge is 0.293 e. The molecule has 2 aromatic rings. The van der Waals surface area contributed by atoms with E-state index in [1.165, 1.54) is 31.2 Å². The number of nitro groups is 1. The van der Waals surface area contributed by atoms with Gasteiger partial charge in [0.15, 0.2) is 0 Å².